The molecule has 0 amide bonds. The van der Waals surface area contributed by atoms with Gasteiger partial charge in [-0.15, -0.1) is 10.2 Å². The molecule has 2 aromatic heterocycles. The highest BCUT2D eigenvalue weighted by Crippen LogP contribution is 2.29. The fourth-order valence-corrected chi connectivity index (χ4v) is 2.80. The maximum atomic E-state index is 8.90. The van der Waals surface area contributed by atoms with Crippen molar-refractivity contribution in [2.75, 3.05) is 0 Å². The summed E-state index contributed by atoms with van der Waals surface area (Å²) in [6, 6.07) is 13.3. The van der Waals surface area contributed by atoms with E-state index in [2.05, 4.69) is 28.2 Å². The van der Waals surface area contributed by atoms with Crippen LogP contribution in [0.2, 0.25) is 0 Å². The van der Waals surface area contributed by atoms with Gasteiger partial charge in [0.05, 0.1) is 16.9 Å². The fraction of sp³-hybridized carbons (Fsp3) is 0.176. The minimum absolute atomic E-state index is 0.203. The van der Waals surface area contributed by atoms with Gasteiger partial charge in [0.25, 0.3) is 0 Å². The molecular formula is C17H15N5S. The van der Waals surface area contributed by atoms with E-state index in [1.807, 2.05) is 28.8 Å². The molecule has 2 heterocycles. The molecule has 0 aliphatic carbocycles. The summed E-state index contributed by atoms with van der Waals surface area (Å²) in [4.78, 5) is 4.03. The molecule has 3 rings (SSSR count). The summed E-state index contributed by atoms with van der Waals surface area (Å²) in [6.07, 6.45) is 3.48. The molecule has 0 fully saturated rings. The van der Waals surface area contributed by atoms with E-state index in [-0.39, 0.29) is 5.25 Å². The first-order valence-corrected chi connectivity index (χ1v) is 7.78. The molecule has 0 saturated carbocycles. The summed E-state index contributed by atoms with van der Waals surface area (Å²) in [7, 11) is 0. The first-order chi connectivity index (χ1) is 11.2. The normalized spacial score (nSPS) is 11.9. The van der Waals surface area contributed by atoms with Crippen LogP contribution in [0.25, 0.3) is 11.4 Å². The number of pyridine rings is 1. The van der Waals surface area contributed by atoms with Crippen LogP contribution < -0.4 is 0 Å². The second-order valence-electron chi connectivity index (χ2n) is 5.00. The van der Waals surface area contributed by atoms with Crippen LogP contribution in [0.3, 0.4) is 0 Å². The smallest absolute Gasteiger partial charge is 0.164 e. The fourth-order valence-electron chi connectivity index (χ4n) is 2.43. The average molecular weight is 321 g/mol. The van der Waals surface area contributed by atoms with Crippen molar-refractivity contribution in [3.05, 3.63) is 65.7 Å². The van der Waals surface area contributed by atoms with Crippen molar-refractivity contribution in [2.45, 2.75) is 18.7 Å². The predicted molar refractivity (Wildman–Crippen MR) is 90.9 cm³/mol. The molecule has 6 heteroatoms. The van der Waals surface area contributed by atoms with Crippen LogP contribution in [0.1, 0.15) is 29.1 Å². The van der Waals surface area contributed by atoms with Gasteiger partial charge in [-0.3, -0.25) is 4.98 Å². The van der Waals surface area contributed by atoms with Gasteiger partial charge < -0.3 is 4.57 Å². The number of rotatable bonds is 4. The van der Waals surface area contributed by atoms with Crippen LogP contribution in [0, 0.1) is 11.3 Å². The summed E-state index contributed by atoms with van der Waals surface area (Å²) in [5, 5.41) is 17.3. The number of nitriles is 1. The largest absolute Gasteiger partial charge is 0.310 e. The Morgan fingerprint density at radius 1 is 1.13 bits per heavy atom. The van der Waals surface area contributed by atoms with Crippen molar-refractivity contribution in [2.24, 2.45) is 0 Å². The van der Waals surface area contributed by atoms with E-state index >= 15 is 0 Å². The maximum Gasteiger partial charge on any atom is 0.164 e. The van der Waals surface area contributed by atoms with Crippen LogP contribution in [0.15, 0.2) is 48.8 Å². The summed E-state index contributed by atoms with van der Waals surface area (Å²) < 4.78 is 2.05. The van der Waals surface area contributed by atoms with E-state index in [1.165, 1.54) is 0 Å². The quantitative estimate of drug-likeness (QED) is 0.749. The van der Waals surface area contributed by atoms with Crippen molar-refractivity contribution in [3.8, 4) is 17.5 Å². The molecule has 1 aromatic carbocycles. The number of thiol groups is 1. The van der Waals surface area contributed by atoms with Crippen LogP contribution in [-0.2, 0) is 6.54 Å². The summed E-state index contributed by atoms with van der Waals surface area (Å²) in [5.74, 6) is 1.59. The van der Waals surface area contributed by atoms with Crippen molar-refractivity contribution < 1.29 is 0 Å². The van der Waals surface area contributed by atoms with Crippen LogP contribution >= 0.6 is 12.6 Å². The Bertz CT molecular complexity index is 834. The van der Waals surface area contributed by atoms with Gasteiger partial charge in [-0.1, -0.05) is 12.1 Å². The van der Waals surface area contributed by atoms with Gasteiger partial charge in [0, 0.05) is 24.5 Å². The summed E-state index contributed by atoms with van der Waals surface area (Å²) in [6.45, 7) is 2.80. The zero-order valence-corrected chi connectivity index (χ0v) is 13.5. The van der Waals surface area contributed by atoms with Crippen LogP contribution in [-0.4, -0.2) is 19.7 Å². The lowest BCUT2D eigenvalue weighted by molar-refractivity contribution is 0.715. The lowest BCUT2D eigenvalue weighted by Gasteiger charge is -2.13. The average Bonchev–Trinajstić information content (AvgIpc) is 3.06. The Labute approximate surface area is 140 Å². The molecule has 0 aliphatic heterocycles. The van der Waals surface area contributed by atoms with Crippen LogP contribution in [0.5, 0.6) is 0 Å². The lowest BCUT2D eigenvalue weighted by Crippen LogP contribution is -2.07. The Morgan fingerprint density at radius 3 is 2.43 bits per heavy atom. The van der Waals surface area contributed by atoms with E-state index in [0.717, 1.165) is 29.3 Å². The number of aromatic nitrogens is 4. The molecule has 0 aliphatic rings. The maximum absolute atomic E-state index is 8.90. The van der Waals surface area contributed by atoms with Crippen molar-refractivity contribution >= 4 is 12.6 Å². The molecule has 0 radical (unpaired) electrons. The summed E-state index contributed by atoms with van der Waals surface area (Å²) >= 11 is 4.70. The molecule has 1 unspecified atom stereocenters. The molecule has 5 nitrogen and oxygen atoms in total. The van der Waals surface area contributed by atoms with Crippen molar-refractivity contribution in [1.82, 2.24) is 19.7 Å². The minimum atomic E-state index is -0.203. The molecule has 114 valence electrons. The predicted octanol–water partition coefficient (Wildman–Crippen LogP) is 3.25. The third-order valence-corrected chi connectivity index (χ3v) is 4.16. The van der Waals surface area contributed by atoms with Gasteiger partial charge in [0.1, 0.15) is 0 Å². The molecule has 0 spiro atoms. The Hall–Kier alpha value is -2.65. The summed E-state index contributed by atoms with van der Waals surface area (Å²) in [5.41, 5.74) is 2.58. The lowest BCUT2D eigenvalue weighted by atomic mass is 10.1. The van der Waals surface area contributed by atoms with Gasteiger partial charge in [-0.05, 0) is 36.8 Å². The third kappa shape index (κ3) is 2.96. The highest BCUT2D eigenvalue weighted by Gasteiger charge is 2.20. The molecule has 0 bridgehead atoms. The highest BCUT2D eigenvalue weighted by molar-refractivity contribution is 7.80. The molecule has 0 saturated heterocycles. The number of hydrogen-bond acceptors (Lipinski definition) is 5. The van der Waals surface area contributed by atoms with E-state index in [9.17, 15) is 0 Å². The number of hydrogen-bond donors (Lipinski definition) is 1. The van der Waals surface area contributed by atoms with Gasteiger partial charge >= 0.3 is 0 Å². The SMILES string of the molecule is CCn1c(-c2ccncc2)nnc1C(S)c1ccc(C#N)cc1. The number of benzene rings is 1. The van der Waals surface area contributed by atoms with Gasteiger partial charge in [0.15, 0.2) is 11.6 Å². The zero-order valence-electron chi connectivity index (χ0n) is 12.6. The molecule has 3 aromatic rings. The molecule has 1 atom stereocenters. The molecule has 23 heavy (non-hydrogen) atoms. The Kier molecular flexibility index (Phi) is 4.40. The van der Waals surface area contributed by atoms with E-state index in [1.54, 1.807) is 24.5 Å². The van der Waals surface area contributed by atoms with Gasteiger partial charge in [-0.25, -0.2) is 0 Å². The van der Waals surface area contributed by atoms with Crippen molar-refractivity contribution in [3.63, 3.8) is 0 Å². The van der Waals surface area contributed by atoms with Crippen molar-refractivity contribution in [1.29, 1.82) is 5.26 Å². The zero-order chi connectivity index (χ0) is 16.2. The van der Waals surface area contributed by atoms with Gasteiger partial charge in [0.2, 0.25) is 0 Å². The Morgan fingerprint density at radius 2 is 1.83 bits per heavy atom. The molecular weight excluding hydrogens is 306 g/mol. The number of nitrogens with zero attached hydrogens (tertiary/aromatic N) is 5. The first-order valence-electron chi connectivity index (χ1n) is 7.26. The first kappa shape index (κ1) is 15.3. The van der Waals surface area contributed by atoms with Crippen LogP contribution in [0.4, 0.5) is 0 Å². The minimum Gasteiger partial charge on any atom is -0.310 e. The second kappa shape index (κ2) is 6.63. The van der Waals surface area contributed by atoms with E-state index < -0.39 is 0 Å². The van der Waals surface area contributed by atoms with Gasteiger partial charge in [-0.2, -0.15) is 17.9 Å². The Balaban J connectivity index is 1.99. The third-order valence-electron chi connectivity index (χ3n) is 3.63. The highest BCUT2D eigenvalue weighted by atomic mass is 32.1. The molecule has 0 N–H and O–H groups in total. The monoisotopic (exact) mass is 321 g/mol. The van der Waals surface area contributed by atoms with E-state index in [4.69, 9.17) is 17.9 Å². The second-order valence-corrected chi connectivity index (χ2v) is 5.51. The standard InChI is InChI=1S/C17H15N5S/c1-2-22-16(14-7-9-19-10-8-14)20-21-17(22)15(23)13-5-3-12(11-18)4-6-13/h3-10,15,23H,2H2,1H3. The van der Waals surface area contributed by atoms with E-state index in [0.29, 0.717) is 5.56 Å². The topological polar surface area (TPSA) is 67.4 Å².